The number of amides is 2. The number of carbonyl (C=O) groups excluding carboxylic acids is 1. The highest BCUT2D eigenvalue weighted by molar-refractivity contribution is 5.89. The zero-order valence-electron chi connectivity index (χ0n) is 12.9. The molecule has 140 valence electrons. The van der Waals surface area contributed by atoms with Crippen LogP contribution < -0.4 is 15.4 Å². The van der Waals surface area contributed by atoms with Crippen molar-refractivity contribution in [2.24, 2.45) is 0 Å². The lowest BCUT2D eigenvalue weighted by Crippen LogP contribution is -2.32. The molecule has 0 saturated heterocycles. The van der Waals surface area contributed by atoms with E-state index in [2.05, 4.69) is 5.32 Å². The van der Waals surface area contributed by atoms with Crippen LogP contribution in [0.1, 0.15) is 11.1 Å². The Morgan fingerprint density at radius 3 is 1.92 bits per heavy atom. The van der Waals surface area contributed by atoms with Gasteiger partial charge in [-0.05, 0) is 30.3 Å². The number of alkyl halides is 6. The molecular formula is C16H12F6N2O2. The van der Waals surface area contributed by atoms with Gasteiger partial charge in [-0.2, -0.15) is 26.3 Å². The normalized spacial score (nSPS) is 11.8. The molecule has 0 aliphatic carbocycles. The SMILES string of the molecule is O=C(NCOc1ccccc1)Nc1cc(C(F)(F)F)cc(C(F)(F)F)c1. The number of para-hydroxylation sites is 1. The fourth-order valence-corrected chi connectivity index (χ4v) is 1.90. The third-order valence-electron chi connectivity index (χ3n) is 3.06. The van der Waals surface area contributed by atoms with Crippen LogP contribution in [0.4, 0.5) is 36.8 Å². The van der Waals surface area contributed by atoms with Gasteiger partial charge in [0, 0.05) is 5.69 Å². The van der Waals surface area contributed by atoms with Gasteiger partial charge in [-0.15, -0.1) is 0 Å². The molecule has 10 heteroatoms. The zero-order chi connectivity index (χ0) is 19.4. The van der Waals surface area contributed by atoms with Crippen molar-refractivity contribution in [1.29, 1.82) is 0 Å². The molecule has 2 rings (SSSR count). The Kier molecular flexibility index (Phi) is 5.63. The van der Waals surface area contributed by atoms with E-state index in [1.807, 2.05) is 5.32 Å². The van der Waals surface area contributed by atoms with Crippen LogP contribution in [0, 0.1) is 0 Å². The van der Waals surface area contributed by atoms with E-state index in [1.54, 1.807) is 30.3 Å². The summed E-state index contributed by atoms with van der Waals surface area (Å²) in [6.45, 7) is -0.332. The molecule has 0 unspecified atom stereocenters. The van der Waals surface area contributed by atoms with Gasteiger partial charge in [-0.3, -0.25) is 0 Å². The van der Waals surface area contributed by atoms with E-state index in [-0.39, 0.29) is 12.8 Å². The van der Waals surface area contributed by atoms with Crippen molar-refractivity contribution < 1.29 is 35.9 Å². The van der Waals surface area contributed by atoms with Gasteiger partial charge in [0.15, 0.2) is 6.73 Å². The summed E-state index contributed by atoms with van der Waals surface area (Å²) in [5.74, 6) is 0.422. The molecule has 2 N–H and O–H groups in total. The summed E-state index contributed by atoms with van der Waals surface area (Å²) in [7, 11) is 0. The van der Waals surface area contributed by atoms with Crippen LogP contribution >= 0.6 is 0 Å². The lowest BCUT2D eigenvalue weighted by molar-refractivity contribution is -0.143. The molecule has 0 atom stereocenters. The van der Waals surface area contributed by atoms with Gasteiger partial charge in [-0.25, -0.2) is 4.79 Å². The van der Waals surface area contributed by atoms with Gasteiger partial charge < -0.3 is 15.4 Å². The number of benzene rings is 2. The van der Waals surface area contributed by atoms with Gasteiger partial charge in [0.1, 0.15) is 5.75 Å². The number of urea groups is 1. The highest BCUT2D eigenvalue weighted by Crippen LogP contribution is 2.37. The maximum absolute atomic E-state index is 12.7. The molecule has 0 spiro atoms. The molecule has 0 fully saturated rings. The minimum absolute atomic E-state index is 0.0262. The summed E-state index contributed by atoms with van der Waals surface area (Å²) in [5, 5.41) is 4.08. The first-order valence-corrected chi connectivity index (χ1v) is 7.08. The summed E-state index contributed by atoms with van der Waals surface area (Å²) in [4.78, 5) is 11.7. The second kappa shape index (κ2) is 7.54. The molecule has 0 bridgehead atoms. The first kappa shape index (κ1) is 19.4. The number of rotatable bonds is 4. The molecule has 2 aromatic carbocycles. The summed E-state index contributed by atoms with van der Waals surface area (Å²) < 4.78 is 81.6. The lowest BCUT2D eigenvalue weighted by atomic mass is 10.1. The number of anilines is 1. The lowest BCUT2D eigenvalue weighted by Gasteiger charge is -2.15. The average molecular weight is 378 g/mol. The molecule has 0 radical (unpaired) electrons. The van der Waals surface area contributed by atoms with Gasteiger partial charge in [0.25, 0.3) is 0 Å². The Morgan fingerprint density at radius 2 is 1.42 bits per heavy atom. The first-order valence-electron chi connectivity index (χ1n) is 7.08. The molecule has 0 aliphatic rings. The van der Waals surface area contributed by atoms with Crippen LogP contribution in [-0.2, 0) is 12.4 Å². The van der Waals surface area contributed by atoms with Crippen LogP contribution in [-0.4, -0.2) is 12.8 Å². The predicted molar refractivity (Wildman–Crippen MR) is 80.5 cm³/mol. The largest absolute Gasteiger partial charge is 0.473 e. The molecule has 2 aromatic rings. The van der Waals surface area contributed by atoms with Crippen molar-refractivity contribution in [2.45, 2.75) is 12.4 Å². The number of ether oxygens (including phenoxy) is 1. The fraction of sp³-hybridized carbons (Fsp3) is 0.188. The van der Waals surface area contributed by atoms with Crippen molar-refractivity contribution in [3.8, 4) is 5.75 Å². The zero-order valence-corrected chi connectivity index (χ0v) is 12.9. The Balaban J connectivity index is 2.06. The minimum Gasteiger partial charge on any atom is -0.473 e. The van der Waals surface area contributed by atoms with Crippen molar-refractivity contribution in [2.75, 3.05) is 12.0 Å². The van der Waals surface area contributed by atoms with Gasteiger partial charge in [0.05, 0.1) is 11.1 Å². The number of carbonyl (C=O) groups is 1. The van der Waals surface area contributed by atoms with Crippen LogP contribution in [0.15, 0.2) is 48.5 Å². The monoisotopic (exact) mass is 378 g/mol. The van der Waals surface area contributed by atoms with Crippen molar-refractivity contribution in [1.82, 2.24) is 5.32 Å². The molecule has 0 heterocycles. The molecular weight excluding hydrogens is 366 g/mol. The molecule has 4 nitrogen and oxygen atoms in total. The fourth-order valence-electron chi connectivity index (χ4n) is 1.90. The van der Waals surface area contributed by atoms with E-state index < -0.39 is 35.2 Å². The first-order chi connectivity index (χ1) is 12.1. The number of hydrogen-bond acceptors (Lipinski definition) is 2. The summed E-state index contributed by atoms with van der Waals surface area (Å²) >= 11 is 0. The number of halogens is 6. The van der Waals surface area contributed by atoms with E-state index in [1.165, 1.54) is 0 Å². The van der Waals surface area contributed by atoms with Crippen LogP contribution in [0.25, 0.3) is 0 Å². The van der Waals surface area contributed by atoms with E-state index in [4.69, 9.17) is 4.74 Å². The third-order valence-corrected chi connectivity index (χ3v) is 3.06. The van der Waals surface area contributed by atoms with E-state index in [9.17, 15) is 31.1 Å². The predicted octanol–water partition coefficient (Wildman–Crippen LogP) is 4.88. The summed E-state index contributed by atoms with van der Waals surface area (Å²) in [6, 6.07) is 8.06. The van der Waals surface area contributed by atoms with Gasteiger partial charge >= 0.3 is 18.4 Å². The van der Waals surface area contributed by atoms with Crippen molar-refractivity contribution in [3.63, 3.8) is 0 Å². The molecule has 0 aliphatic heterocycles. The maximum Gasteiger partial charge on any atom is 0.416 e. The van der Waals surface area contributed by atoms with Gasteiger partial charge in [0.2, 0.25) is 0 Å². The molecule has 0 saturated carbocycles. The summed E-state index contributed by atoms with van der Waals surface area (Å²) in [6.07, 6.45) is -9.99. The molecule has 2 amide bonds. The summed E-state index contributed by atoms with van der Waals surface area (Å²) in [5.41, 5.74) is -3.70. The number of nitrogens with one attached hydrogen (secondary N) is 2. The van der Waals surface area contributed by atoms with E-state index in [0.717, 1.165) is 0 Å². The molecule has 0 aromatic heterocycles. The van der Waals surface area contributed by atoms with Crippen LogP contribution in [0.3, 0.4) is 0 Å². The highest BCUT2D eigenvalue weighted by atomic mass is 19.4. The smallest absolute Gasteiger partial charge is 0.416 e. The van der Waals surface area contributed by atoms with Crippen LogP contribution in [0.5, 0.6) is 5.75 Å². The quantitative estimate of drug-likeness (QED) is 0.588. The Bertz CT molecular complexity index is 727. The Labute approximate surface area is 143 Å². The number of hydrogen-bond donors (Lipinski definition) is 2. The Morgan fingerprint density at radius 1 is 0.885 bits per heavy atom. The maximum atomic E-state index is 12.7. The minimum atomic E-state index is -5.00. The average Bonchev–Trinajstić information content (AvgIpc) is 2.54. The highest BCUT2D eigenvalue weighted by Gasteiger charge is 2.37. The molecule has 26 heavy (non-hydrogen) atoms. The Hall–Kier alpha value is -2.91. The van der Waals surface area contributed by atoms with Crippen molar-refractivity contribution >= 4 is 11.7 Å². The van der Waals surface area contributed by atoms with E-state index in [0.29, 0.717) is 17.9 Å². The second-order valence-electron chi connectivity index (χ2n) is 5.03. The van der Waals surface area contributed by atoms with Crippen LogP contribution in [0.2, 0.25) is 0 Å². The van der Waals surface area contributed by atoms with Crippen molar-refractivity contribution in [3.05, 3.63) is 59.7 Å². The standard InChI is InChI=1S/C16H12F6N2O2/c17-15(18,19)10-6-11(16(20,21)22)8-12(7-10)24-14(25)23-9-26-13-4-2-1-3-5-13/h1-8H,9H2,(H2,23,24,25). The third kappa shape index (κ3) is 5.57. The van der Waals surface area contributed by atoms with Gasteiger partial charge in [-0.1, -0.05) is 18.2 Å². The second-order valence-corrected chi connectivity index (χ2v) is 5.03. The van der Waals surface area contributed by atoms with E-state index >= 15 is 0 Å². The topological polar surface area (TPSA) is 50.4 Å².